The minimum atomic E-state index is -0.337. The Morgan fingerprint density at radius 3 is 2.67 bits per heavy atom. The summed E-state index contributed by atoms with van der Waals surface area (Å²) in [6, 6.07) is 0. The van der Waals surface area contributed by atoms with Crippen LogP contribution in [0.15, 0.2) is 0 Å². The third kappa shape index (κ3) is 2.40. The molecular weight excluding hydrogens is 160 g/mol. The van der Waals surface area contributed by atoms with E-state index in [4.69, 9.17) is 10.2 Å². The van der Waals surface area contributed by atoms with Crippen LogP contribution in [0.3, 0.4) is 0 Å². The van der Waals surface area contributed by atoms with Gasteiger partial charge in [-0.05, 0) is 0 Å². The molecule has 0 aliphatic carbocycles. The van der Waals surface area contributed by atoms with Crippen molar-refractivity contribution < 1.29 is 14.9 Å². The molecule has 1 aliphatic heterocycles. The first-order chi connectivity index (χ1) is 5.70. The summed E-state index contributed by atoms with van der Waals surface area (Å²) in [6.45, 7) is 2.52. The second-order valence-electron chi connectivity index (χ2n) is 3.21. The molecule has 0 amide bonds. The van der Waals surface area contributed by atoms with Gasteiger partial charge in [-0.3, -0.25) is 0 Å². The lowest BCUT2D eigenvalue weighted by molar-refractivity contribution is -0.873. The van der Waals surface area contributed by atoms with E-state index in [1.54, 1.807) is 0 Å². The lowest BCUT2D eigenvalue weighted by Crippen LogP contribution is -2.43. The molecule has 5 heteroatoms. The van der Waals surface area contributed by atoms with Gasteiger partial charge in [0.15, 0.2) is 0 Å². The van der Waals surface area contributed by atoms with Gasteiger partial charge in [-0.2, -0.15) is 0 Å². The largest absolute Gasteiger partial charge is 0.632 e. The zero-order valence-electron chi connectivity index (χ0n) is 7.15. The summed E-state index contributed by atoms with van der Waals surface area (Å²) in [5.41, 5.74) is 0. The van der Waals surface area contributed by atoms with Crippen LogP contribution < -0.4 is 0 Å². The maximum absolute atomic E-state index is 11.6. The van der Waals surface area contributed by atoms with Crippen molar-refractivity contribution in [1.82, 2.24) is 4.90 Å². The van der Waals surface area contributed by atoms with Crippen LogP contribution in [-0.4, -0.2) is 65.8 Å². The third-order valence-corrected chi connectivity index (χ3v) is 2.21. The molecule has 1 heterocycles. The Kier molecular flexibility index (Phi) is 3.42. The van der Waals surface area contributed by atoms with E-state index in [0.29, 0.717) is 19.8 Å². The monoisotopic (exact) mass is 176 g/mol. The molecule has 2 N–H and O–H groups in total. The summed E-state index contributed by atoms with van der Waals surface area (Å²) in [5, 5.41) is 28.9. The number of aliphatic hydroxyl groups excluding tert-OH is 2. The first-order valence-electron chi connectivity index (χ1n) is 4.21. The topological polar surface area (TPSA) is 66.8 Å². The van der Waals surface area contributed by atoms with Crippen molar-refractivity contribution in [3.63, 3.8) is 0 Å². The summed E-state index contributed by atoms with van der Waals surface area (Å²) in [7, 11) is 0. The lowest BCUT2D eigenvalue weighted by Gasteiger charge is -2.37. The van der Waals surface area contributed by atoms with E-state index in [9.17, 15) is 5.21 Å². The maximum atomic E-state index is 11.6. The Morgan fingerprint density at radius 2 is 2.08 bits per heavy atom. The van der Waals surface area contributed by atoms with Gasteiger partial charge in [-0.15, -0.1) is 0 Å². The molecule has 1 rings (SSSR count). The van der Waals surface area contributed by atoms with Gasteiger partial charge in [-0.1, -0.05) is 0 Å². The molecule has 0 bridgehead atoms. The molecule has 0 spiro atoms. The number of quaternary nitrogens is 1. The fraction of sp³-hybridized carbons (Fsp3) is 1.00. The molecule has 0 aromatic heterocycles. The van der Waals surface area contributed by atoms with Crippen molar-refractivity contribution in [3.05, 3.63) is 5.21 Å². The molecule has 0 radical (unpaired) electrons. The zero-order valence-corrected chi connectivity index (χ0v) is 7.15. The number of rotatable bonds is 4. The van der Waals surface area contributed by atoms with Crippen molar-refractivity contribution in [2.24, 2.45) is 0 Å². The standard InChI is InChI=1S/C7H16N2O3/c10-5-2-8-1-3-9(12,7-8)4-6-11/h10-11H,1-7H2. The summed E-state index contributed by atoms with van der Waals surface area (Å²) >= 11 is 0. The number of nitrogens with zero attached hydrogens (tertiary/aromatic N) is 2. The van der Waals surface area contributed by atoms with Gasteiger partial charge in [0.05, 0.1) is 26.3 Å². The van der Waals surface area contributed by atoms with Crippen LogP contribution in [0, 0.1) is 5.21 Å². The second-order valence-corrected chi connectivity index (χ2v) is 3.21. The number of hydrogen-bond donors (Lipinski definition) is 2. The van der Waals surface area contributed by atoms with Crippen molar-refractivity contribution in [2.75, 3.05) is 46.1 Å². The van der Waals surface area contributed by atoms with Gasteiger partial charge in [0.2, 0.25) is 0 Å². The molecule has 72 valence electrons. The van der Waals surface area contributed by atoms with Gasteiger partial charge < -0.3 is 20.1 Å². The molecule has 1 saturated heterocycles. The molecular formula is C7H16N2O3. The van der Waals surface area contributed by atoms with Crippen LogP contribution in [0.4, 0.5) is 0 Å². The minimum absolute atomic E-state index is 0.0591. The first-order valence-corrected chi connectivity index (χ1v) is 4.21. The van der Waals surface area contributed by atoms with Crippen molar-refractivity contribution >= 4 is 0 Å². The van der Waals surface area contributed by atoms with Crippen LogP contribution in [0.1, 0.15) is 0 Å². The maximum Gasteiger partial charge on any atom is 0.135 e. The highest BCUT2D eigenvalue weighted by molar-refractivity contribution is 4.61. The number of β-amino-alcohol motifs (C(OH)–C–C–N with tert-alkyl or cyclic N) is 1. The summed E-state index contributed by atoms with van der Waals surface area (Å²) in [5.74, 6) is 0. The normalized spacial score (nSPS) is 31.2. The molecule has 12 heavy (non-hydrogen) atoms. The first kappa shape index (κ1) is 9.88. The average molecular weight is 176 g/mol. The van der Waals surface area contributed by atoms with E-state index in [1.165, 1.54) is 0 Å². The highest BCUT2D eigenvalue weighted by atomic mass is 16.6. The Morgan fingerprint density at radius 1 is 1.33 bits per heavy atom. The highest BCUT2D eigenvalue weighted by Gasteiger charge is 2.27. The van der Waals surface area contributed by atoms with E-state index in [1.807, 2.05) is 4.90 Å². The minimum Gasteiger partial charge on any atom is -0.632 e. The number of hydrogen-bond acceptors (Lipinski definition) is 4. The van der Waals surface area contributed by atoms with E-state index >= 15 is 0 Å². The Hall–Kier alpha value is -0.200. The van der Waals surface area contributed by atoms with E-state index in [-0.39, 0.29) is 24.4 Å². The molecule has 1 aliphatic rings. The van der Waals surface area contributed by atoms with Gasteiger partial charge in [-0.25, -0.2) is 4.90 Å². The van der Waals surface area contributed by atoms with Crippen LogP contribution in [0.25, 0.3) is 0 Å². The fourth-order valence-corrected chi connectivity index (χ4v) is 1.52. The van der Waals surface area contributed by atoms with Gasteiger partial charge in [0, 0.05) is 6.54 Å². The zero-order chi connectivity index (χ0) is 9.03. The molecule has 0 aromatic carbocycles. The highest BCUT2D eigenvalue weighted by Crippen LogP contribution is 2.13. The molecule has 1 unspecified atom stereocenters. The second kappa shape index (κ2) is 4.15. The van der Waals surface area contributed by atoms with Gasteiger partial charge in [0.25, 0.3) is 0 Å². The molecule has 0 aromatic rings. The predicted octanol–water partition coefficient (Wildman–Crippen LogP) is -1.44. The Balaban J connectivity index is 2.32. The summed E-state index contributed by atoms with van der Waals surface area (Å²) < 4.78 is -0.337. The number of aliphatic hydroxyl groups is 2. The summed E-state index contributed by atoms with van der Waals surface area (Å²) in [4.78, 5) is 1.92. The molecule has 0 saturated carbocycles. The average Bonchev–Trinajstić information content (AvgIpc) is 2.34. The SMILES string of the molecule is [O-][N+]1(CCO)CCN(CCO)C1. The van der Waals surface area contributed by atoms with E-state index in [2.05, 4.69) is 0 Å². The molecule has 1 fully saturated rings. The van der Waals surface area contributed by atoms with Crippen molar-refractivity contribution in [3.8, 4) is 0 Å². The summed E-state index contributed by atoms with van der Waals surface area (Å²) in [6.07, 6.45) is 0. The van der Waals surface area contributed by atoms with Crippen molar-refractivity contribution in [2.45, 2.75) is 0 Å². The number of hydroxylamine groups is 3. The van der Waals surface area contributed by atoms with Crippen LogP contribution in [0.5, 0.6) is 0 Å². The lowest BCUT2D eigenvalue weighted by atomic mass is 10.5. The van der Waals surface area contributed by atoms with Crippen LogP contribution >= 0.6 is 0 Å². The fourth-order valence-electron chi connectivity index (χ4n) is 1.52. The molecule has 1 atom stereocenters. The predicted molar refractivity (Wildman–Crippen MR) is 44.0 cm³/mol. The van der Waals surface area contributed by atoms with Crippen LogP contribution in [-0.2, 0) is 0 Å². The smallest absolute Gasteiger partial charge is 0.135 e. The Bertz CT molecular complexity index is 145. The van der Waals surface area contributed by atoms with E-state index < -0.39 is 0 Å². The van der Waals surface area contributed by atoms with E-state index in [0.717, 1.165) is 6.54 Å². The quantitative estimate of drug-likeness (QED) is 0.406. The molecule has 5 nitrogen and oxygen atoms in total. The third-order valence-electron chi connectivity index (χ3n) is 2.21. The van der Waals surface area contributed by atoms with Gasteiger partial charge >= 0.3 is 0 Å². The Labute approximate surface area is 72.0 Å². The van der Waals surface area contributed by atoms with Crippen molar-refractivity contribution in [1.29, 1.82) is 0 Å². The van der Waals surface area contributed by atoms with Crippen LogP contribution in [0.2, 0.25) is 0 Å². The van der Waals surface area contributed by atoms with Gasteiger partial charge in [0.1, 0.15) is 13.2 Å².